The third kappa shape index (κ3) is 4.36. The summed E-state index contributed by atoms with van der Waals surface area (Å²) in [5.41, 5.74) is 2.36. The maximum atomic E-state index is 5.95. The molecule has 3 heteroatoms. The lowest BCUT2D eigenvalue weighted by atomic mass is 10.1. The zero-order valence-electron chi connectivity index (χ0n) is 13.2. The number of benzene rings is 1. The van der Waals surface area contributed by atoms with Crippen molar-refractivity contribution in [1.29, 1.82) is 0 Å². The van der Waals surface area contributed by atoms with E-state index in [-0.39, 0.29) is 0 Å². The first-order chi connectivity index (χ1) is 10.2. The quantitative estimate of drug-likeness (QED) is 0.738. The third-order valence-corrected chi connectivity index (χ3v) is 3.53. The Bertz CT molecular complexity index is 560. The fraction of sp³-hybridized carbons (Fsp3) is 0.444. The van der Waals surface area contributed by atoms with E-state index < -0.39 is 0 Å². The van der Waals surface area contributed by atoms with Gasteiger partial charge >= 0.3 is 0 Å². The molecule has 0 aliphatic carbocycles. The largest absolute Gasteiger partial charge is 0.488 e. The SMILES string of the molecule is CCCNCc1cc(COc2ccccc2CC)c(C)o1. The van der Waals surface area contributed by atoms with Crippen LogP contribution in [-0.4, -0.2) is 6.54 Å². The van der Waals surface area contributed by atoms with Gasteiger partial charge in [-0.2, -0.15) is 0 Å². The zero-order chi connectivity index (χ0) is 15.1. The van der Waals surface area contributed by atoms with E-state index in [4.69, 9.17) is 9.15 Å². The van der Waals surface area contributed by atoms with Gasteiger partial charge in [0.15, 0.2) is 0 Å². The molecule has 3 nitrogen and oxygen atoms in total. The normalized spacial score (nSPS) is 10.8. The summed E-state index contributed by atoms with van der Waals surface area (Å²) in [4.78, 5) is 0. The molecule has 1 N–H and O–H groups in total. The summed E-state index contributed by atoms with van der Waals surface area (Å²) in [6.07, 6.45) is 2.11. The number of furan rings is 1. The van der Waals surface area contributed by atoms with Crippen LogP contribution in [0, 0.1) is 6.92 Å². The monoisotopic (exact) mass is 287 g/mol. The van der Waals surface area contributed by atoms with E-state index >= 15 is 0 Å². The van der Waals surface area contributed by atoms with E-state index in [1.807, 2.05) is 25.1 Å². The topological polar surface area (TPSA) is 34.4 Å². The van der Waals surface area contributed by atoms with Crippen LogP contribution in [0.1, 0.15) is 42.9 Å². The summed E-state index contributed by atoms with van der Waals surface area (Å²) in [5, 5.41) is 3.35. The van der Waals surface area contributed by atoms with Crippen LogP contribution in [0.4, 0.5) is 0 Å². The number of aryl methyl sites for hydroxylation is 2. The maximum absolute atomic E-state index is 5.95. The van der Waals surface area contributed by atoms with Gasteiger partial charge in [0.2, 0.25) is 0 Å². The smallest absolute Gasteiger partial charge is 0.122 e. The van der Waals surface area contributed by atoms with Crippen LogP contribution >= 0.6 is 0 Å². The van der Waals surface area contributed by atoms with Crippen LogP contribution in [0.15, 0.2) is 34.7 Å². The van der Waals surface area contributed by atoms with Crippen molar-refractivity contribution < 1.29 is 9.15 Å². The number of ether oxygens (including phenoxy) is 1. The third-order valence-electron chi connectivity index (χ3n) is 3.53. The molecule has 21 heavy (non-hydrogen) atoms. The molecule has 0 amide bonds. The van der Waals surface area contributed by atoms with Crippen molar-refractivity contribution in [3.05, 3.63) is 53.0 Å². The molecule has 0 aliphatic rings. The Morgan fingerprint density at radius 3 is 2.71 bits per heavy atom. The Hall–Kier alpha value is -1.74. The molecule has 0 spiro atoms. The van der Waals surface area contributed by atoms with E-state index in [1.54, 1.807) is 0 Å². The van der Waals surface area contributed by atoms with Crippen LogP contribution in [0.2, 0.25) is 0 Å². The van der Waals surface area contributed by atoms with Crippen molar-refractivity contribution >= 4 is 0 Å². The van der Waals surface area contributed by atoms with Crippen LogP contribution in [0.25, 0.3) is 0 Å². The van der Waals surface area contributed by atoms with Crippen LogP contribution in [0.3, 0.4) is 0 Å². The molecule has 2 aromatic rings. The van der Waals surface area contributed by atoms with Crippen molar-refractivity contribution in [1.82, 2.24) is 5.32 Å². The van der Waals surface area contributed by atoms with Gasteiger partial charge in [0.25, 0.3) is 0 Å². The fourth-order valence-corrected chi connectivity index (χ4v) is 2.30. The standard InChI is InChI=1S/C18H25NO2/c1-4-10-19-12-17-11-16(14(3)21-17)13-20-18-9-7-6-8-15(18)5-2/h6-9,11,19H,4-5,10,12-13H2,1-3H3. The molecule has 0 bridgehead atoms. The Morgan fingerprint density at radius 2 is 1.95 bits per heavy atom. The minimum atomic E-state index is 0.556. The zero-order valence-corrected chi connectivity index (χ0v) is 13.2. The second kappa shape index (κ2) is 7.89. The molecular formula is C18H25NO2. The van der Waals surface area contributed by atoms with Crippen LogP contribution in [-0.2, 0) is 19.6 Å². The molecule has 1 aromatic carbocycles. The van der Waals surface area contributed by atoms with Gasteiger partial charge in [-0.3, -0.25) is 0 Å². The predicted molar refractivity (Wildman–Crippen MR) is 85.6 cm³/mol. The molecule has 0 aliphatic heterocycles. The van der Waals surface area contributed by atoms with Gasteiger partial charge in [-0.1, -0.05) is 32.0 Å². The van der Waals surface area contributed by atoms with E-state index in [0.29, 0.717) is 6.61 Å². The predicted octanol–water partition coefficient (Wildman–Crippen LogP) is 4.23. The number of hydrogen-bond acceptors (Lipinski definition) is 3. The number of hydrogen-bond donors (Lipinski definition) is 1. The molecular weight excluding hydrogens is 262 g/mol. The highest BCUT2D eigenvalue weighted by atomic mass is 16.5. The second-order valence-corrected chi connectivity index (χ2v) is 5.22. The Balaban J connectivity index is 1.96. The van der Waals surface area contributed by atoms with Gasteiger partial charge in [-0.15, -0.1) is 0 Å². The average Bonchev–Trinajstić information content (AvgIpc) is 2.86. The lowest BCUT2D eigenvalue weighted by Crippen LogP contribution is -2.13. The second-order valence-electron chi connectivity index (χ2n) is 5.22. The summed E-state index contributed by atoms with van der Waals surface area (Å²) in [7, 11) is 0. The first-order valence-electron chi connectivity index (χ1n) is 7.74. The van der Waals surface area contributed by atoms with Crippen molar-refractivity contribution in [3.8, 4) is 5.75 Å². The van der Waals surface area contributed by atoms with E-state index in [9.17, 15) is 0 Å². The van der Waals surface area contributed by atoms with E-state index in [0.717, 1.165) is 48.8 Å². The lowest BCUT2D eigenvalue weighted by molar-refractivity contribution is 0.300. The Morgan fingerprint density at radius 1 is 1.14 bits per heavy atom. The van der Waals surface area contributed by atoms with Gasteiger partial charge in [0.05, 0.1) is 6.54 Å². The number of nitrogens with one attached hydrogen (secondary N) is 1. The Labute approximate surface area is 127 Å². The van der Waals surface area contributed by atoms with Crippen molar-refractivity contribution in [2.75, 3.05) is 6.54 Å². The highest BCUT2D eigenvalue weighted by Gasteiger charge is 2.09. The van der Waals surface area contributed by atoms with Gasteiger partial charge in [-0.25, -0.2) is 0 Å². The van der Waals surface area contributed by atoms with Crippen LogP contribution < -0.4 is 10.1 Å². The first kappa shape index (κ1) is 15.6. The minimum Gasteiger partial charge on any atom is -0.488 e. The van der Waals surface area contributed by atoms with Crippen molar-refractivity contribution in [2.45, 2.75) is 46.8 Å². The molecule has 0 atom stereocenters. The molecule has 2 rings (SSSR count). The first-order valence-corrected chi connectivity index (χ1v) is 7.74. The molecule has 0 radical (unpaired) electrons. The summed E-state index contributed by atoms with van der Waals surface area (Å²) in [6.45, 7) is 8.64. The van der Waals surface area contributed by atoms with E-state index in [1.165, 1.54) is 5.56 Å². The summed E-state index contributed by atoms with van der Waals surface area (Å²) < 4.78 is 11.7. The lowest BCUT2D eigenvalue weighted by Gasteiger charge is -2.09. The van der Waals surface area contributed by atoms with E-state index in [2.05, 4.69) is 31.3 Å². The van der Waals surface area contributed by atoms with Gasteiger partial charge in [0.1, 0.15) is 23.9 Å². The molecule has 114 valence electrons. The molecule has 1 heterocycles. The van der Waals surface area contributed by atoms with Gasteiger partial charge in [-0.05, 0) is 44.0 Å². The number of para-hydroxylation sites is 1. The summed E-state index contributed by atoms with van der Waals surface area (Å²) >= 11 is 0. The molecule has 1 aromatic heterocycles. The molecule has 0 unspecified atom stereocenters. The summed E-state index contributed by atoms with van der Waals surface area (Å²) in [5.74, 6) is 2.88. The highest BCUT2D eigenvalue weighted by molar-refractivity contribution is 5.33. The Kier molecular flexibility index (Phi) is 5.88. The molecule has 0 saturated carbocycles. The molecule has 0 saturated heterocycles. The maximum Gasteiger partial charge on any atom is 0.122 e. The van der Waals surface area contributed by atoms with Crippen molar-refractivity contribution in [3.63, 3.8) is 0 Å². The highest BCUT2D eigenvalue weighted by Crippen LogP contribution is 2.22. The number of rotatable bonds is 8. The van der Waals surface area contributed by atoms with Gasteiger partial charge in [0, 0.05) is 5.56 Å². The minimum absolute atomic E-state index is 0.556. The van der Waals surface area contributed by atoms with Crippen molar-refractivity contribution in [2.24, 2.45) is 0 Å². The summed E-state index contributed by atoms with van der Waals surface area (Å²) in [6, 6.07) is 10.3. The van der Waals surface area contributed by atoms with Crippen LogP contribution in [0.5, 0.6) is 5.75 Å². The van der Waals surface area contributed by atoms with Gasteiger partial charge < -0.3 is 14.5 Å². The average molecular weight is 287 g/mol. The molecule has 0 fully saturated rings. The fourth-order valence-electron chi connectivity index (χ4n) is 2.30.